The summed E-state index contributed by atoms with van der Waals surface area (Å²) in [7, 11) is 0. The Balaban J connectivity index is 2.44. The maximum atomic E-state index is 9.42. The Bertz CT molecular complexity index is 457. The molecule has 1 saturated heterocycles. The second-order valence-electron chi connectivity index (χ2n) is 4.38. The Hall–Kier alpha value is -1.67. The van der Waals surface area contributed by atoms with Crippen LogP contribution in [0.4, 0.5) is 5.82 Å². The molecule has 2 heterocycles. The van der Waals surface area contributed by atoms with Crippen LogP contribution >= 0.6 is 0 Å². The van der Waals surface area contributed by atoms with E-state index in [1.165, 1.54) is 0 Å². The zero-order chi connectivity index (χ0) is 13.0. The van der Waals surface area contributed by atoms with Crippen molar-refractivity contribution in [3.63, 3.8) is 0 Å². The van der Waals surface area contributed by atoms with Gasteiger partial charge in [0.25, 0.3) is 0 Å². The fourth-order valence-corrected chi connectivity index (χ4v) is 2.38. The number of nitriles is 1. The number of anilines is 1. The molecule has 5 heteroatoms. The smallest absolute Gasteiger partial charge is 0.169 e. The standard InChI is InChI=1S/C13H19N5/c1-3-10-11(9-14)13(17-16-12(10)4-2)18-7-5-15-6-8-18/h15H,3-8H2,1-2H3. The second-order valence-corrected chi connectivity index (χ2v) is 4.38. The summed E-state index contributed by atoms with van der Waals surface area (Å²) in [4.78, 5) is 2.15. The molecule has 0 unspecified atom stereocenters. The molecule has 0 aromatic carbocycles. The van der Waals surface area contributed by atoms with Crippen molar-refractivity contribution in [3.8, 4) is 6.07 Å². The molecule has 0 radical (unpaired) electrons. The van der Waals surface area contributed by atoms with E-state index in [1.807, 2.05) is 0 Å². The van der Waals surface area contributed by atoms with Gasteiger partial charge in [-0.3, -0.25) is 0 Å². The molecule has 18 heavy (non-hydrogen) atoms. The van der Waals surface area contributed by atoms with Gasteiger partial charge in [-0.05, 0) is 18.4 Å². The van der Waals surface area contributed by atoms with Gasteiger partial charge in [0.2, 0.25) is 0 Å². The molecule has 96 valence electrons. The zero-order valence-corrected chi connectivity index (χ0v) is 11.0. The third-order valence-corrected chi connectivity index (χ3v) is 3.36. The van der Waals surface area contributed by atoms with E-state index in [-0.39, 0.29) is 0 Å². The fraction of sp³-hybridized carbons (Fsp3) is 0.615. The van der Waals surface area contributed by atoms with Crippen LogP contribution < -0.4 is 10.2 Å². The predicted molar refractivity (Wildman–Crippen MR) is 70.6 cm³/mol. The van der Waals surface area contributed by atoms with Crippen molar-refractivity contribution in [1.29, 1.82) is 5.26 Å². The van der Waals surface area contributed by atoms with Crippen LogP contribution in [0.2, 0.25) is 0 Å². The summed E-state index contributed by atoms with van der Waals surface area (Å²) < 4.78 is 0. The van der Waals surface area contributed by atoms with Crippen molar-refractivity contribution in [2.24, 2.45) is 0 Å². The van der Waals surface area contributed by atoms with Gasteiger partial charge in [-0.1, -0.05) is 13.8 Å². The molecule has 0 atom stereocenters. The van der Waals surface area contributed by atoms with Crippen LogP contribution in [-0.2, 0) is 12.8 Å². The number of hydrogen-bond donors (Lipinski definition) is 1. The van der Waals surface area contributed by atoms with E-state index >= 15 is 0 Å². The second kappa shape index (κ2) is 5.78. The Morgan fingerprint density at radius 3 is 2.50 bits per heavy atom. The van der Waals surface area contributed by atoms with Crippen molar-refractivity contribution >= 4 is 5.82 Å². The number of hydrogen-bond acceptors (Lipinski definition) is 5. The lowest BCUT2D eigenvalue weighted by Crippen LogP contribution is -2.44. The summed E-state index contributed by atoms with van der Waals surface area (Å²) >= 11 is 0. The predicted octanol–water partition coefficient (Wildman–Crippen LogP) is 0.883. The summed E-state index contributed by atoms with van der Waals surface area (Å²) in [5, 5.41) is 21.3. The third-order valence-electron chi connectivity index (χ3n) is 3.36. The van der Waals surface area contributed by atoms with Gasteiger partial charge < -0.3 is 10.2 Å². The lowest BCUT2D eigenvalue weighted by atomic mass is 10.0. The first-order chi connectivity index (χ1) is 8.81. The van der Waals surface area contributed by atoms with Crippen molar-refractivity contribution in [3.05, 3.63) is 16.8 Å². The van der Waals surface area contributed by atoms with Gasteiger partial charge in [-0.25, -0.2) is 0 Å². The Kier molecular flexibility index (Phi) is 4.11. The maximum absolute atomic E-state index is 9.42. The quantitative estimate of drug-likeness (QED) is 0.856. The molecule has 5 nitrogen and oxygen atoms in total. The van der Waals surface area contributed by atoms with Gasteiger partial charge in [0.1, 0.15) is 11.6 Å². The van der Waals surface area contributed by atoms with E-state index in [0.717, 1.165) is 56.1 Å². The van der Waals surface area contributed by atoms with Crippen LogP contribution in [0.25, 0.3) is 0 Å². The summed E-state index contributed by atoms with van der Waals surface area (Å²) in [6.45, 7) is 7.76. The van der Waals surface area contributed by atoms with Crippen LogP contribution in [0.1, 0.15) is 30.7 Å². The van der Waals surface area contributed by atoms with Gasteiger partial charge in [-0.2, -0.15) is 10.4 Å². The molecule has 1 aromatic rings. The van der Waals surface area contributed by atoms with Crippen LogP contribution in [0.5, 0.6) is 0 Å². The SMILES string of the molecule is CCc1nnc(N2CCNCC2)c(C#N)c1CC. The lowest BCUT2D eigenvalue weighted by Gasteiger charge is -2.29. The van der Waals surface area contributed by atoms with Crippen LogP contribution in [0.15, 0.2) is 0 Å². The summed E-state index contributed by atoms with van der Waals surface area (Å²) in [6, 6.07) is 2.32. The van der Waals surface area contributed by atoms with Gasteiger partial charge in [0.05, 0.1) is 5.69 Å². The van der Waals surface area contributed by atoms with Crippen molar-refractivity contribution < 1.29 is 0 Å². The topological polar surface area (TPSA) is 64.8 Å². The molecular weight excluding hydrogens is 226 g/mol. The molecule has 1 N–H and O–H groups in total. The van der Waals surface area contributed by atoms with E-state index < -0.39 is 0 Å². The van der Waals surface area contributed by atoms with Gasteiger partial charge in [-0.15, -0.1) is 5.10 Å². The maximum Gasteiger partial charge on any atom is 0.169 e. The van der Waals surface area contributed by atoms with Crippen molar-refractivity contribution in [2.45, 2.75) is 26.7 Å². The van der Waals surface area contributed by atoms with Crippen LogP contribution in [-0.4, -0.2) is 36.4 Å². The lowest BCUT2D eigenvalue weighted by molar-refractivity contribution is 0.581. The monoisotopic (exact) mass is 245 g/mol. The van der Waals surface area contributed by atoms with Gasteiger partial charge in [0.15, 0.2) is 5.82 Å². The van der Waals surface area contributed by atoms with E-state index in [1.54, 1.807) is 0 Å². The molecule has 1 aliphatic heterocycles. The van der Waals surface area contributed by atoms with E-state index in [0.29, 0.717) is 5.56 Å². The highest BCUT2D eigenvalue weighted by atomic mass is 15.3. The average molecular weight is 245 g/mol. The normalized spacial score (nSPS) is 15.5. The molecule has 0 amide bonds. The molecule has 2 rings (SSSR count). The number of rotatable bonds is 3. The number of piperazine rings is 1. The minimum absolute atomic E-state index is 0.714. The van der Waals surface area contributed by atoms with Gasteiger partial charge >= 0.3 is 0 Å². The molecule has 0 aliphatic carbocycles. The van der Waals surface area contributed by atoms with Crippen molar-refractivity contribution in [2.75, 3.05) is 31.1 Å². The van der Waals surface area contributed by atoms with E-state index in [2.05, 4.69) is 40.3 Å². The molecular formula is C13H19N5. The van der Waals surface area contributed by atoms with Crippen LogP contribution in [0, 0.1) is 11.3 Å². The third kappa shape index (κ3) is 2.29. The number of aryl methyl sites for hydroxylation is 1. The first-order valence-corrected chi connectivity index (χ1v) is 6.56. The highest BCUT2D eigenvalue weighted by molar-refractivity contribution is 5.58. The molecule has 1 fully saturated rings. The first-order valence-electron chi connectivity index (χ1n) is 6.56. The molecule has 1 aliphatic rings. The highest BCUT2D eigenvalue weighted by Crippen LogP contribution is 2.23. The molecule has 1 aromatic heterocycles. The van der Waals surface area contributed by atoms with Crippen molar-refractivity contribution in [1.82, 2.24) is 15.5 Å². The summed E-state index contributed by atoms with van der Waals surface area (Å²) in [5.41, 5.74) is 2.72. The largest absolute Gasteiger partial charge is 0.351 e. The number of nitrogens with one attached hydrogen (secondary N) is 1. The summed E-state index contributed by atoms with van der Waals surface area (Å²) in [6.07, 6.45) is 1.66. The highest BCUT2D eigenvalue weighted by Gasteiger charge is 2.20. The Morgan fingerprint density at radius 2 is 1.94 bits per heavy atom. The minimum Gasteiger partial charge on any atom is -0.351 e. The first kappa shape index (κ1) is 12.8. The number of aromatic nitrogens is 2. The molecule has 0 saturated carbocycles. The minimum atomic E-state index is 0.714. The Morgan fingerprint density at radius 1 is 1.22 bits per heavy atom. The van der Waals surface area contributed by atoms with Gasteiger partial charge in [0, 0.05) is 26.2 Å². The number of nitrogens with zero attached hydrogens (tertiary/aromatic N) is 4. The zero-order valence-electron chi connectivity index (χ0n) is 11.0. The van der Waals surface area contributed by atoms with E-state index in [4.69, 9.17) is 0 Å². The fourth-order valence-electron chi connectivity index (χ4n) is 2.38. The Labute approximate surface area is 108 Å². The molecule has 0 spiro atoms. The average Bonchev–Trinajstić information content (AvgIpc) is 2.46. The summed E-state index contributed by atoms with van der Waals surface area (Å²) in [5.74, 6) is 0.757. The van der Waals surface area contributed by atoms with Crippen LogP contribution in [0.3, 0.4) is 0 Å². The molecule has 0 bridgehead atoms. The van der Waals surface area contributed by atoms with E-state index in [9.17, 15) is 5.26 Å².